The molecule has 1 saturated heterocycles. The van der Waals surface area contributed by atoms with E-state index in [1.807, 2.05) is 25.2 Å². The van der Waals surface area contributed by atoms with Crippen LogP contribution in [-0.4, -0.2) is 68.7 Å². The Hall–Kier alpha value is -2.75. The number of rotatable bonds is 9. The zero-order valence-corrected chi connectivity index (χ0v) is 21.3. The van der Waals surface area contributed by atoms with Crippen LogP contribution in [0.1, 0.15) is 37.3 Å². The minimum absolute atomic E-state index is 0.217. The van der Waals surface area contributed by atoms with E-state index in [1.54, 1.807) is 18.2 Å². The van der Waals surface area contributed by atoms with Crippen LogP contribution in [-0.2, 0) is 32.6 Å². The van der Waals surface area contributed by atoms with E-state index in [2.05, 4.69) is 22.3 Å². The summed E-state index contributed by atoms with van der Waals surface area (Å²) >= 11 is 0. The fourth-order valence-electron chi connectivity index (χ4n) is 4.92. The molecule has 0 radical (unpaired) electrons. The Kier molecular flexibility index (Phi) is 7.88. The largest absolute Gasteiger partial charge is 0.354 e. The minimum atomic E-state index is -3.56. The van der Waals surface area contributed by atoms with Gasteiger partial charge in [-0.25, -0.2) is 8.42 Å². The summed E-state index contributed by atoms with van der Waals surface area (Å²) in [6, 6.07) is 14.4. The summed E-state index contributed by atoms with van der Waals surface area (Å²) in [5.41, 5.74) is 2.56. The summed E-state index contributed by atoms with van der Waals surface area (Å²) < 4.78 is 27.4. The van der Waals surface area contributed by atoms with Crippen molar-refractivity contribution in [2.75, 3.05) is 38.1 Å². The molecule has 2 aliphatic rings. The molecule has 2 aromatic rings. The van der Waals surface area contributed by atoms with Gasteiger partial charge in [-0.2, -0.15) is 4.31 Å². The van der Waals surface area contributed by atoms with E-state index >= 15 is 0 Å². The van der Waals surface area contributed by atoms with Crippen LogP contribution in [0.15, 0.2) is 53.4 Å². The maximum absolute atomic E-state index is 13.0. The highest BCUT2D eigenvalue weighted by atomic mass is 32.2. The Bertz CT molecular complexity index is 1160. The number of fused-ring (bicyclic) bond motifs is 1. The average Bonchev–Trinajstić information content (AvgIpc) is 3.50. The average molecular weight is 499 g/mol. The predicted octanol–water partition coefficient (Wildman–Crippen LogP) is 2.39. The summed E-state index contributed by atoms with van der Waals surface area (Å²) in [5.74, 6) is -0.451. The Labute approximate surface area is 207 Å². The van der Waals surface area contributed by atoms with E-state index in [-0.39, 0.29) is 16.7 Å². The van der Waals surface area contributed by atoms with E-state index in [4.69, 9.17) is 0 Å². The third-order valence-corrected chi connectivity index (χ3v) is 8.59. The molecule has 0 saturated carbocycles. The van der Waals surface area contributed by atoms with Gasteiger partial charge in [0.1, 0.15) is 6.04 Å². The van der Waals surface area contributed by atoms with Crippen molar-refractivity contribution in [2.24, 2.45) is 0 Å². The Balaban J connectivity index is 1.36. The molecule has 1 atom stereocenters. The van der Waals surface area contributed by atoms with Crippen LogP contribution >= 0.6 is 0 Å². The lowest BCUT2D eigenvalue weighted by Gasteiger charge is -2.24. The molecule has 0 aromatic heterocycles. The van der Waals surface area contributed by atoms with E-state index in [9.17, 15) is 18.0 Å². The Morgan fingerprint density at radius 1 is 1.09 bits per heavy atom. The summed E-state index contributed by atoms with van der Waals surface area (Å²) in [4.78, 5) is 29.3. The molecule has 1 N–H and O–H groups in total. The second kappa shape index (κ2) is 10.9. The second-order valence-electron chi connectivity index (χ2n) is 9.38. The topological polar surface area (TPSA) is 90.0 Å². The van der Waals surface area contributed by atoms with Crippen molar-refractivity contribution in [3.63, 3.8) is 0 Å². The van der Waals surface area contributed by atoms with Crippen molar-refractivity contribution in [3.05, 3.63) is 59.7 Å². The van der Waals surface area contributed by atoms with E-state index in [0.717, 1.165) is 32.4 Å². The van der Waals surface area contributed by atoms with Crippen LogP contribution in [0.25, 0.3) is 0 Å². The van der Waals surface area contributed by atoms with Crippen molar-refractivity contribution in [2.45, 2.75) is 50.1 Å². The van der Waals surface area contributed by atoms with Gasteiger partial charge in [-0.05, 0) is 62.2 Å². The standard InChI is InChI=1S/C26H34N4O4S/c1-20(31)30-24-12-11-23(35(33,34)29-15-6-7-16-29)17-22(24)18-25(30)26(32)27-13-8-14-28(2)19-21-9-4-3-5-10-21/h3-5,9-12,17,25H,6-8,13-16,18-19H2,1-2H3,(H,27,32)/t25-/m1/s1. The number of hydrogen-bond acceptors (Lipinski definition) is 5. The third kappa shape index (κ3) is 5.74. The molecule has 2 amide bonds. The van der Waals surface area contributed by atoms with Crippen LogP contribution in [0.2, 0.25) is 0 Å². The van der Waals surface area contributed by atoms with Gasteiger partial charge in [-0.3, -0.25) is 14.5 Å². The van der Waals surface area contributed by atoms with Gasteiger partial charge < -0.3 is 10.2 Å². The first-order valence-corrected chi connectivity index (χ1v) is 13.6. The van der Waals surface area contributed by atoms with E-state index in [0.29, 0.717) is 37.3 Å². The predicted molar refractivity (Wildman–Crippen MR) is 135 cm³/mol. The molecule has 8 nitrogen and oxygen atoms in total. The number of nitrogens with one attached hydrogen (secondary N) is 1. The highest BCUT2D eigenvalue weighted by Gasteiger charge is 2.38. The highest BCUT2D eigenvalue weighted by molar-refractivity contribution is 7.89. The lowest BCUT2D eigenvalue weighted by Crippen LogP contribution is -2.47. The molecule has 0 bridgehead atoms. The first kappa shape index (κ1) is 25.3. The Morgan fingerprint density at radius 3 is 2.49 bits per heavy atom. The zero-order valence-electron chi connectivity index (χ0n) is 20.4. The van der Waals surface area contributed by atoms with Crippen LogP contribution < -0.4 is 10.2 Å². The molecule has 2 aliphatic heterocycles. The van der Waals surface area contributed by atoms with Gasteiger partial charge in [-0.1, -0.05) is 30.3 Å². The normalized spacial score (nSPS) is 18.1. The highest BCUT2D eigenvalue weighted by Crippen LogP contribution is 2.35. The smallest absolute Gasteiger partial charge is 0.243 e. The van der Waals surface area contributed by atoms with Gasteiger partial charge in [0.25, 0.3) is 0 Å². The summed E-state index contributed by atoms with van der Waals surface area (Å²) in [6.07, 6.45) is 2.82. The number of carbonyl (C=O) groups excluding carboxylic acids is 2. The number of anilines is 1. The second-order valence-corrected chi connectivity index (χ2v) is 11.3. The number of carbonyl (C=O) groups is 2. The number of nitrogens with zero attached hydrogens (tertiary/aromatic N) is 3. The molecular weight excluding hydrogens is 464 g/mol. The summed E-state index contributed by atoms with van der Waals surface area (Å²) in [7, 11) is -1.51. The first-order chi connectivity index (χ1) is 16.8. The van der Waals surface area contributed by atoms with Crippen LogP contribution in [0.5, 0.6) is 0 Å². The van der Waals surface area contributed by atoms with Crippen LogP contribution in [0.3, 0.4) is 0 Å². The maximum Gasteiger partial charge on any atom is 0.243 e. The molecule has 0 unspecified atom stereocenters. The van der Waals surface area contributed by atoms with Crippen molar-refractivity contribution < 1.29 is 18.0 Å². The van der Waals surface area contributed by atoms with Crippen LogP contribution in [0.4, 0.5) is 5.69 Å². The summed E-state index contributed by atoms with van der Waals surface area (Å²) in [5, 5.41) is 2.97. The Morgan fingerprint density at radius 2 is 1.80 bits per heavy atom. The fraction of sp³-hybridized carbons (Fsp3) is 0.462. The molecule has 2 heterocycles. The molecule has 35 heavy (non-hydrogen) atoms. The quantitative estimate of drug-likeness (QED) is 0.536. The SMILES string of the molecule is CC(=O)N1c2ccc(S(=O)(=O)N3CCCC3)cc2C[C@@H]1C(=O)NCCCN(C)Cc1ccccc1. The maximum atomic E-state index is 13.0. The molecule has 0 spiro atoms. The van der Waals surface area contributed by atoms with Crippen molar-refractivity contribution in [3.8, 4) is 0 Å². The third-order valence-electron chi connectivity index (χ3n) is 6.69. The molecule has 9 heteroatoms. The van der Waals surface area contributed by atoms with Gasteiger partial charge in [0.15, 0.2) is 0 Å². The van der Waals surface area contributed by atoms with Gasteiger partial charge in [-0.15, -0.1) is 0 Å². The number of sulfonamides is 1. The number of amides is 2. The van der Waals surface area contributed by atoms with Crippen molar-refractivity contribution in [1.82, 2.24) is 14.5 Å². The molecule has 4 rings (SSSR count). The van der Waals surface area contributed by atoms with Gasteiger partial charge >= 0.3 is 0 Å². The summed E-state index contributed by atoms with van der Waals surface area (Å²) in [6.45, 7) is 4.67. The lowest BCUT2D eigenvalue weighted by molar-refractivity contribution is -0.125. The fourth-order valence-corrected chi connectivity index (χ4v) is 6.49. The molecular formula is C26H34N4O4S. The molecule has 0 aliphatic carbocycles. The minimum Gasteiger partial charge on any atom is -0.354 e. The molecule has 1 fully saturated rings. The van der Waals surface area contributed by atoms with E-state index in [1.165, 1.54) is 21.7 Å². The van der Waals surface area contributed by atoms with E-state index < -0.39 is 16.1 Å². The van der Waals surface area contributed by atoms with Gasteiger partial charge in [0.05, 0.1) is 4.90 Å². The lowest BCUT2D eigenvalue weighted by atomic mass is 10.1. The van der Waals surface area contributed by atoms with Gasteiger partial charge in [0, 0.05) is 45.2 Å². The first-order valence-electron chi connectivity index (χ1n) is 12.2. The van der Waals surface area contributed by atoms with Crippen LogP contribution in [0, 0.1) is 0 Å². The zero-order chi connectivity index (χ0) is 25.0. The van der Waals surface area contributed by atoms with Crippen molar-refractivity contribution >= 4 is 27.5 Å². The number of hydrogen-bond donors (Lipinski definition) is 1. The molecule has 188 valence electrons. The molecule has 2 aromatic carbocycles. The monoisotopic (exact) mass is 498 g/mol. The number of benzene rings is 2. The van der Waals surface area contributed by atoms with Gasteiger partial charge in [0.2, 0.25) is 21.8 Å². The van der Waals surface area contributed by atoms with Crippen molar-refractivity contribution in [1.29, 1.82) is 0 Å².